The van der Waals surface area contributed by atoms with Crippen molar-refractivity contribution < 1.29 is 16.4 Å². The minimum atomic E-state index is -0.128. The van der Waals surface area contributed by atoms with Crippen LogP contribution in [-0.4, -0.2) is 19.9 Å². The number of hydrogen-bond donors (Lipinski definition) is 0. The summed E-state index contributed by atoms with van der Waals surface area (Å²) >= 11 is 11.5. The molecule has 37 heavy (non-hydrogen) atoms. The number of ketones is 1. The Morgan fingerprint density at radius 1 is 1.03 bits per heavy atom. The molecule has 1 aliphatic carbocycles. The first kappa shape index (κ1) is 23.7. The van der Waals surface area contributed by atoms with Gasteiger partial charge >= 0.3 is 0 Å². The van der Waals surface area contributed by atoms with E-state index in [1.807, 2.05) is 63.7 Å². The first-order valence-corrected chi connectivity index (χ1v) is 13.0. The Labute approximate surface area is 223 Å². The Bertz CT molecular complexity index is 1700. The number of hydrogen-bond acceptors (Lipinski definition) is 3. The van der Waals surface area contributed by atoms with Crippen LogP contribution in [0, 0.1) is 17.5 Å². The highest BCUT2D eigenvalue weighted by atomic mass is 35.5. The van der Waals surface area contributed by atoms with E-state index in [1.54, 1.807) is 30.7 Å². The van der Waals surface area contributed by atoms with Crippen LogP contribution in [-0.2, 0) is 13.1 Å². The van der Waals surface area contributed by atoms with Crippen LogP contribution in [0.15, 0.2) is 90.1 Å². The lowest BCUT2D eigenvalue weighted by atomic mass is 9.97. The van der Waals surface area contributed by atoms with Gasteiger partial charge in [0.05, 0.1) is 18.0 Å². The maximum Gasteiger partial charge on any atom is 0.251 e. The number of carbonyl (C=O) groups excluding carboxylic acids is 1. The number of benzene rings is 3. The number of nitrogens with zero attached hydrogens (tertiary/aromatic N) is 3. The molecule has 0 N–H and O–H groups in total. The summed E-state index contributed by atoms with van der Waals surface area (Å²) < 4.78 is 3.68. The normalized spacial score (nSPS) is 13.2. The Balaban J connectivity index is 1.45. The van der Waals surface area contributed by atoms with Gasteiger partial charge in [-0.15, -0.1) is 0 Å². The molecule has 5 nitrogen and oxygen atoms in total. The van der Waals surface area contributed by atoms with Crippen molar-refractivity contribution in [3.05, 3.63) is 123 Å². The number of rotatable bonds is 7. The molecule has 1 fully saturated rings. The molecular formula is C30H24Cl2N3O2+. The third-order valence-electron chi connectivity index (χ3n) is 6.87. The fourth-order valence-corrected chi connectivity index (χ4v) is 5.07. The molecule has 6 rings (SSSR count). The first-order valence-electron chi connectivity index (χ1n) is 12.2. The molecule has 184 valence electrons. The average Bonchev–Trinajstić information content (AvgIpc) is 3.61. The van der Waals surface area contributed by atoms with E-state index >= 15 is 0 Å². The SMILES string of the molecule is O=C(c1ccc2c(c1)c(-c1cccc(Cl)c1)cc(=O)n2CC1CC1)c1cncn1Cc1ccc([ClH+])cc1. The Morgan fingerprint density at radius 3 is 2.59 bits per heavy atom. The number of aromatic nitrogens is 3. The van der Waals surface area contributed by atoms with E-state index in [1.165, 1.54) is 0 Å². The molecule has 2 heterocycles. The summed E-state index contributed by atoms with van der Waals surface area (Å²) in [7, 11) is 0. The predicted molar refractivity (Wildman–Crippen MR) is 143 cm³/mol. The second-order valence-electron chi connectivity index (χ2n) is 9.57. The molecule has 5 aromatic rings. The van der Waals surface area contributed by atoms with Crippen LogP contribution in [0.5, 0.6) is 0 Å². The quantitative estimate of drug-likeness (QED) is 0.247. The zero-order chi connectivity index (χ0) is 25.5. The molecule has 3 aromatic carbocycles. The monoisotopic (exact) mass is 528 g/mol. The van der Waals surface area contributed by atoms with Crippen molar-refractivity contribution in [1.29, 1.82) is 0 Å². The summed E-state index contributed by atoms with van der Waals surface area (Å²) in [5, 5.41) is 2.21. The van der Waals surface area contributed by atoms with Gasteiger partial charge in [0.15, 0.2) is 11.6 Å². The number of imidazole rings is 1. The van der Waals surface area contributed by atoms with Gasteiger partial charge in [0, 0.05) is 47.3 Å². The predicted octanol–water partition coefficient (Wildman–Crippen LogP) is 5.90. The maximum atomic E-state index is 13.7. The highest BCUT2D eigenvalue weighted by molar-refractivity contribution is 6.31. The molecule has 0 atom stereocenters. The van der Waals surface area contributed by atoms with E-state index in [4.69, 9.17) is 23.2 Å². The third kappa shape index (κ3) is 4.85. The smallest absolute Gasteiger partial charge is 0.251 e. The van der Waals surface area contributed by atoms with Crippen LogP contribution in [0.2, 0.25) is 10.0 Å². The van der Waals surface area contributed by atoms with Crippen molar-refractivity contribution in [2.24, 2.45) is 5.92 Å². The van der Waals surface area contributed by atoms with Gasteiger partial charge in [0.25, 0.3) is 5.56 Å². The van der Waals surface area contributed by atoms with Crippen LogP contribution in [0.3, 0.4) is 0 Å². The van der Waals surface area contributed by atoms with Gasteiger partial charge in [0.2, 0.25) is 10.8 Å². The molecule has 0 radical (unpaired) electrons. The van der Waals surface area contributed by atoms with Crippen LogP contribution in [0.4, 0.5) is 0 Å². The molecule has 0 aliphatic heterocycles. The molecule has 0 unspecified atom stereocenters. The molecule has 1 aliphatic rings. The summed E-state index contributed by atoms with van der Waals surface area (Å²) in [4.78, 5) is 31.1. The fraction of sp³-hybridized carbons (Fsp3) is 0.167. The van der Waals surface area contributed by atoms with Crippen molar-refractivity contribution >= 4 is 28.3 Å². The number of pyridine rings is 1. The lowest BCUT2D eigenvalue weighted by Crippen LogP contribution is -2.21. The minimum absolute atomic E-state index is 0.0448. The zero-order valence-electron chi connectivity index (χ0n) is 19.9. The third-order valence-corrected chi connectivity index (χ3v) is 7.38. The van der Waals surface area contributed by atoms with Crippen molar-refractivity contribution in [1.82, 2.24) is 14.1 Å². The van der Waals surface area contributed by atoms with Gasteiger partial charge < -0.3 is 9.13 Å². The van der Waals surface area contributed by atoms with Crippen LogP contribution in [0.1, 0.15) is 34.5 Å². The van der Waals surface area contributed by atoms with E-state index in [9.17, 15) is 9.59 Å². The summed E-state index contributed by atoms with van der Waals surface area (Å²) in [6.45, 7) is 1.20. The van der Waals surface area contributed by atoms with E-state index in [0.29, 0.717) is 35.3 Å². The fourth-order valence-electron chi connectivity index (χ4n) is 4.74. The minimum Gasteiger partial charge on any atom is -0.323 e. The average molecular weight is 529 g/mol. The number of halogens is 2. The van der Waals surface area contributed by atoms with Gasteiger partial charge in [0.1, 0.15) is 5.69 Å². The van der Waals surface area contributed by atoms with Crippen molar-refractivity contribution in [3.8, 4) is 11.1 Å². The van der Waals surface area contributed by atoms with Gasteiger partial charge in [-0.1, -0.05) is 35.9 Å². The molecule has 2 aromatic heterocycles. The summed E-state index contributed by atoms with van der Waals surface area (Å²) in [6.07, 6.45) is 5.54. The summed E-state index contributed by atoms with van der Waals surface area (Å²) in [5.74, 6) is 0.402. The highest BCUT2D eigenvalue weighted by Gasteiger charge is 2.24. The topological polar surface area (TPSA) is 56.9 Å². The highest BCUT2D eigenvalue weighted by Crippen LogP contribution is 2.34. The Morgan fingerprint density at radius 2 is 1.84 bits per heavy atom. The van der Waals surface area contributed by atoms with E-state index in [-0.39, 0.29) is 11.3 Å². The van der Waals surface area contributed by atoms with Gasteiger partial charge in [-0.05, 0) is 65.8 Å². The Kier molecular flexibility index (Phi) is 6.19. The van der Waals surface area contributed by atoms with Crippen molar-refractivity contribution in [3.63, 3.8) is 0 Å². The molecular weight excluding hydrogens is 505 g/mol. The van der Waals surface area contributed by atoms with Crippen LogP contribution >= 0.6 is 11.6 Å². The second kappa shape index (κ2) is 9.66. The second-order valence-corrected chi connectivity index (χ2v) is 10.5. The van der Waals surface area contributed by atoms with Gasteiger partial charge in [-0.25, -0.2) is 4.98 Å². The lowest BCUT2D eigenvalue weighted by molar-refractivity contribution is -0.288. The Hall–Kier alpha value is -3.67. The van der Waals surface area contributed by atoms with Crippen molar-refractivity contribution in [2.45, 2.75) is 25.9 Å². The van der Waals surface area contributed by atoms with Crippen LogP contribution in [0.25, 0.3) is 22.0 Å². The molecule has 0 bridgehead atoms. The molecule has 1 saturated carbocycles. The number of fused-ring (bicyclic) bond motifs is 1. The molecule has 0 amide bonds. The van der Waals surface area contributed by atoms with Gasteiger partial charge in [-0.3, -0.25) is 9.59 Å². The van der Waals surface area contributed by atoms with E-state index < -0.39 is 0 Å². The standard InChI is InChI=1S/C30H24Cl2N3O2/c31-23-9-6-19(7-10-23)16-34-18-33-15-28(34)30(37)22-8-11-27-26(13-22)25(21-2-1-3-24(32)12-21)14-29(36)35(27)17-20-4-5-20/h1-3,6-15,18,20,31H,4-5,16-17H2/q+1. The summed E-state index contributed by atoms with van der Waals surface area (Å²) in [5.41, 5.74) is 4.45. The summed E-state index contributed by atoms with van der Waals surface area (Å²) in [6, 6.07) is 22.4. The first-order chi connectivity index (χ1) is 18.0. The molecule has 0 spiro atoms. The van der Waals surface area contributed by atoms with E-state index in [2.05, 4.69) is 4.98 Å². The maximum absolute atomic E-state index is 13.7. The van der Waals surface area contributed by atoms with Crippen molar-refractivity contribution in [2.75, 3.05) is 0 Å². The lowest BCUT2D eigenvalue weighted by Gasteiger charge is -2.15. The number of carbonyl (C=O) groups is 1. The zero-order valence-corrected chi connectivity index (χ0v) is 21.5. The largest absolute Gasteiger partial charge is 0.323 e. The molecule has 0 saturated heterocycles. The van der Waals surface area contributed by atoms with E-state index in [0.717, 1.165) is 45.5 Å². The molecule has 7 heteroatoms. The van der Waals surface area contributed by atoms with Gasteiger partial charge in [-0.2, -0.15) is 0 Å². The van der Waals surface area contributed by atoms with Crippen LogP contribution < -0.4 is 5.56 Å².